The Morgan fingerprint density at radius 1 is 1.24 bits per heavy atom. The number of benzene rings is 1. The maximum Gasteiger partial charge on any atom is 0.433 e. The highest BCUT2D eigenvalue weighted by Crippen LogP contribution is 2.18. The molecule has 110 valence electrons. The van der Waals surface area contributed by atoms with Gasteiger partial charge in [-0.2, -0.15) is 0 Å². The average Bonchev–Trinajstić information content (AvgIpc) is 2.97. The summed E-state index contributed by atoms with van der Waals surface area (Å²) in [5.74, 6) is -0.769. The van der Waals surface area contributed by atoms with E-state index < -0.39 is 10.8 Å². The first-order chi connectivity index (χ1) is 10.1. The highest BCUT2D eigenvalue weighted by molar-refractivity contribution is 5.91. The van der Waals surface area contributed by atoms with Crippen molar-refractivity contribution in [1.29, 1.82) is 0 Å². The van der Waals surface area contributed by atoms with E-state index in [4.69, 9.17) is 4.42 Å². The van der Waals surface area contributed by atoms with E-state index in [1.165, 1.54) is 12.1 Å². The summed E-state index contributed by atoms with van der Waals surface area (Å²) >= 11 is 0. The molecule has 6 heteroatoms. The van der Waals surface area contributed by atoms with Crippen LogP contribution in [-0.2, 0) is 6.54 Å². The number of nitro groups is 1. The lowest BCUT2D eigenvalue weighted by Gasteiger charge is -2.20. The third-order valence-electron chi connectivity index (χ3n) is 2.98. The van der Waals surface area contributed by atoms with Crippen molar-refractivity contribution in [3.05, 3.63) is 63.9 Å². The molecule has 0 spiro atoms. The van der Waals surface area contributed by atoms with Crippen molar-refractivity contribution in [1.82, 2.24) is 4.90 Å². The number of furan rings is 1. The van der Waals surface area contributed by atoms with E-state index in [0.717, 1.165) is 12.0 Å². The van der Waals surface area contributed by atoms with Crippen molar-refractivity contribution in [2.75, 3.05) is 6.54 Å². The molecule has 2 aromatic rings. The molecule has 1 aromatic heterocycles. The van der Waals surface area contributed by atoms with Crippen LogP contribution in [0.1, 0.15) is 29.5 Å². The van der Waals surface area contributed by atoms with Gasteiger partial charge in [-0.3, -0.25) is 14.9 Å². The highest BCUT2D eigenvalue weighted by Gasteiger charge is 2.22. The molecular weight excluding hydrogens is 272 g/mol. The van der Waals surface area contributed by atoms with Crippen molar-refractivity contribution >= 4 is 11.8 Å². The summed E-state index contributed by atoms with van der Waals surface area (Å²) in [7, 11) is 0. The number of amides is 1. The largest absolute Gasteiger partial charge is 0.433 e. The molecule has 0 N–H and O–H groups in total. The minimum atomic E-state index is -0.655. The molecule has 0 saturated carbocycles. The van der Waals surface area contributed by atoms with Crippen LogP contribution in [0, 0.1) is 10.1 Å². The van der Waals surface area contributed by atoms with E-state index in [0.29, 0.717) is 13.1 Å². The van der Waals surface area contributed by atoms with Gasteiger partial charge in [0.05, 0.1) is 6.07 Å². The summed E-state index contributed by atoms with van der Waals surface area (Å²) in [6, 6.07) is 12.1. The molecule has 21 heavy (non-hydrogen) atoms. The zero-order chi connectivity index (χ0) is 15.2. The number of carbonyl (C=O) groups is 1. The van der Waals surface area contributed by atoms with Gasteiger partial charge in [-0.05, 0) is 18.1 Å². The fraction of sp³-hybridized carbons (Fsp3) is 0.267. The summed E-state index contributed by atoms with van der Waals surface area (Å²) in [6.07, 6.45) is 0.793. The smallest absolute Gasteiger partial charge is 0.395 e. The Labute approximate surface area is 122 Å². The van der Waals surface area contributed by atoms with E-state index in [-0.39, 0.29) is 11.7 Å². The second kappa shape index (κ2) is 6.69. The molecule has 0 fully saturated rings. The molecule has 0 bridgehead atoms. The Balaban J connectivity index is 2.16. The molecular formula is C15H16N2O4. The fourth-order valence-corrected chi connectivity index (χ4v) is 2.02. The van der Waals surface area contributed by atoms with Gasteiger partial charge in [0.15, 0.2) is 5.76 Å². The molecule has 2 rings (SSSR count). The van der Waals surface area contributed by atoms with E-state index in [1.54, 1.807) is 4.90 Å². The molecule has 1 aromatic carbocycles. The molecule has 6 nitrogen and oxygen atoms in total. The Morgan fingerprint density at radius 3 is 2.52 bits per heavy atom. The lowest BCUT2D eigenvalue weighted by atomic mass is 10.2. The zero-order valence-corrected chi connectivity index (χ0v) is 11.7. The van der Waals surface area contributed by atoms with Crippen LogP contribution in [0.3, 0.4) is 0 Å². The van der Waals surface area contributed by atoms with Gasteiger partial charge >= 0.3 is 5.88 Å². The Morgan fingerprint density at radius 2 is 1.95 bits per heavy atom. The topological polar surface area (TPSA) is 76.6 Å². The number of hydrogen-bond donors (Lipinski definition) is 0. The molecule has 0 unspecified atom stereocenters. The molecule has 0 atom stereocenters. The molecule has 1 amide bonds. The molecule has 0 radical (unpaired) electrons. The molecule has 1 heterocycles. The number of carbonyl (C=O) groups excluding carboxylic acids is 1. The standard InChI is InChI=1S/C15H16N2O4/c1-2-10-16(11-12-6-4-3-5-7-12)15(18)13-8-9-14(21-13)17(19)20/h3-9H,2,10-11H2,1H3. The van der Waals surface area contributed by atoms with Crippen molar-refractivity contribution < 1.29 is 14.1 Å². The van der Waals surface area contributed by atoms with Crippen molar-refractivity contribution in [3.8, 4) is 0 Å². The predicted molar refractivity (Wildman–Crippen MR) is 76.8 cm³/mol. The zero-order valence-electron chi connectivity index (χ0n) is 11.7. The van der Waals surface area contributed by atoms with Gasteiger partial charge in [0.2, 0.25) is 0 Å². The van der Waals surface area contributed by atoms with Crippen LogP contribution in [0.2, 0.25) is 0 Å². The van der Waals surface area contributed by atoms with Crippen molar-refractivity contribution in [2.45, 2.75) is 19.9 Å². The molecule has 0 aliphatic rings. The molecule has 0 aliphatic heterocycles. The third-order valence-corrected chi connectivity index (χ3v) is 2.98. The van der Waals surface area contributed by atoms with Crippen LogP contribution in [0.15, 0.2) is 46.9 Å². The number of nitrogens with zero attached hydrogens (tertiary/aromatic N) is 2. The molecule has 0 saturated heterocycles. The van der Waals surface area contributed by atoms with Gasteiger partial charge in [-0.25, -0.2) is 0 Å². The van der Waals surface area contributed by atoms with Gasteiger partial charge in [0, 0.05) is 13.1 Å². The number of hydrogen-bond acceptors (Lipinski definition) is 4. The maximum atomic E-state index is 12.4. The van der Waals surface area contributed by atoms with Crippen LogP contribution < -0.4 is 0 Å². The summed E-state index contributed by atoms with van der Waals surface area (Å²) in [4.78, 5) is 24.0. The maximum absolute atomic E-state index is 12.4. The van der Waals surface area contributed by atoms with E-state index >= 15 is 0 Å². The van der Waals surface area contributed by atoms with Crippen LogP contribution in [0.25, 0.3) is 0 Å². The minimum Gasteiger partial charge on any atom is -0.395 e. The minimum absolute atomic E-state index is 0.00826. The fourth-order valence-electron chi connectivity index (χ4n) is 2.02. The third kappa shape index (κ3) is 3.68. The van der Waals surface area contributed by atoms with Gasteiger partial charge in [-0.1, -0.05) is 37.3 Å². The number of rotatable bonds is 6. The van der Waals surface area contributed by atoms with E-state index in [1.807, 2.05) is 37.3 Å². The normalized spacial score (nSPS) is 10.3. The van der Waals surface area contributed by atoms with Crippen molar-refractivity contribution in [2.24, 2.45) is 0 Å². The first kappa shape index (κ1) is 14.8. The Hall–Kier alpha value is -2.63. The summed E-state index contributed by atoms with van der Waals surface area (Å²) < 4.78 is 4.98. The van der Waals surface area contributed by atoms with Gasteiger partial charge in [0.25, 0.3) is 5.91 Å². The second-order valence-electron chi connectivity index (χ2n) is 4.61. The van der Waals surface area contributed by atoms with Gasteiger partial charge < -0.3 is 9.32 Å². The predicted octanol–water partition coefficient (Wildman–Crippen LogP) is 3.24. The first-order valence-corrected chi connectivity index (χ1v) is 6.69. The van der Waals surface area contributed by atoms with Crippen LogP contribution in [0.5, 0.6) is 0 Å². The highest BCUT2D eigenvalue weighted by atomic mass is 16.6. The van der Waals surface area contributed by atoms with Gasteiger partial charge in [-0.15, -0.1) is 0 Å². The van der Waals surface area contributed by atoms with Gasteiger partial charge in [0.1, 0.15) is 4.92 Å². The van der Waals surface area contributed by atoms with Crippen LogP contribution in [0.4, 0.5) is 5.88 Å². The van der Waals surface area contributed by atoms with E-state index in [9.17, 15) is 14.9 Å². The van der Waals surface area contributed by atoms with Crippen LogP contribution in [-0.4, -0.2) is 22.3 Å². The van der Waals surface area contributed by atoms with Crippen LogP contribution >= 0.6 is 0 Å². The quantitative estimate of drug-likeness (QED) is 0.604. The van der Waals surface area contributed by atoms with E-state index in [2.05, 4.69) is 0 Å². The molecule has 0 aliphatic carbocycles. The first-order valence-electron chi connectivity index (χ1n) is 6.69. The lowest BCUT2D eigenvalue weighted by Crippen LogP contribution is -2.31. The summed E-state index contributed by atoms with van der Waals surface area (Å²) in [5, 5.41) is 10.6. The summed E-state index contributed by atoms with van der Waals surface area (Å²) in [6.45, 7) is 2.97. The van der Waals surface area contributed by atoms with Crippen molar-refractivity contribution in [3.63, 3.8) is 0 Å². The summed E-state index contributed by atoms with van der Waals surface area (Å²) in [5.41, 5.74) is 1.00. The SMILES string of the molecule is CCCN(Cc1ccccc1)C(=O)c1ccc([N+](=O)[O-])o1. The average molecular weight is 288 g/mol. The second-order valence-corrected chi connectivity index (χ2v) is 4.61. The Kier molecular flexibility index (Phi) is 4.71. The monoisotopic (exact) mass is 288 g/mol. The lowest BCUT2D eigenvalue weighted by molar-refractivity contribution is -0.402. The Bertz CT molecular complexity index is 622.